The molecule has 0 aliphatic heterocycles. The van der Waals surface area contributed by atoms with Crippen molar-refractivity contribution in [3.05, 3.63) is 52.4 Å². The van der Waals surface area contributed by atoms with E-state index in [2.05, 4.69) is 26.2 Å². The van der Waals surface area contributed by atoms with Crippen LogP contribution in [0.5, 0.6) is 0 Å². The quantitative estimate of drug-likeness (QED) is 0.920. The summed E-state index contributed by atoms with van der Waals surface area (Å²) in [6.07, 6.45) is 1.50. The monoisotopic (exact) mass is 291 g/mol. The molecule has 0 aliphatic rings. The Morgan fingerprint density at radius 3 is 2.88 bits per heavy atom. The topological polar surface area (TPSA) is 48.7 Å². The largest absolute Gasteiger partial charge is 0.337 e. The number of hydrogen-bond acceptors (Lipinski definition) is 3. The van der Waals surface area contributed by atoms with Gasteiger partial charge in [-0.15, -0.1) is 0 Å². The van der Waals surface area contributed by atoms with Gasteiger partial charge in [0, 0.05) is 10.7 Å². The number of aromatic nitrogens is 1. The lowest BCUT2D eigenvalue weighted by Gasteiger charge is -2.08. The highest BCUT2D eigenvalue weighted by atomic mass is 79.9. The van der Waals surface area contributed by atoms with Crippen molar-refractivity contribution < 1.29 is 4.39 Å². The predicted octanol–water partition coefficient (Wildman–Crippen LogP) is 3.60. The molecular formula is C12H7BrFN3. The summed E-state index contributed by atoms with van der Waals surface area (Å²) in [4.78, 5) is 4.02. The molecule has 0 spiro atoms. The molecule has 0 fully saturated rings. The molecule has 0 saturated heterocycles. The van der Waals surface area contributed by atoms with Crippen molar-refractivity contribution in [3.8, 4) is 6.07 Å². The van der Waals surface area contributed by atoms with Crippen LogP contribution in [0, 0.1) is 17.1 Å². The minimum absolute atomic E-state index is 0.301. The average molecular weight is 292 g/mol. The van der Waals surface area contributed by atoms with Crippen LogP contribution < -0.4 is 5.32 Å². The van der Waals surface area contributed by atoms with E-state index < -0.39 is 0 Å². The molecule has 0 amide bonds. The lowest BCUT2D eigenvalue weighted by molar-refractivity contribution is 0.631. The molecule has 0 unspecified atom stereocenters. The van der Waals surface area contributed by atoms with Gasteiger partial charge in [0.15, 0.2) is 0 Å². The molecule has 1 heterocycles. The third-order valence-corrected chi connectivity index (χ3v) is 2.77. The molecule has 0 aliphatic carbocycles. The Balaban J connectivity index is 2.35. The zero-order valence-electron chi connectivity index (χ0n) is 8.61. The van der Waals surface area contributed by atoms with Gasteiger partial charge in [0.25, 0.3) is 0 Å². The molecule has 84 valence electrons. The molecule has 17 heavy (non-hydrogen) atoms. The van der Waals surface area contributed by atoms with Crippen LogP contribution in [0.2, 0.25) is 0 Å². The van der Waals surface area contributed by atoms with E-state index in [0.29, 0.717) is 21.5 Å². The van der Waals surface area contributed by atoms with Gasteiger partial charge in [0.05, 0.1) is 17.3 Å². The van der Waals surface area contributed by atoms with E-state index in [-0.39, 0.29) is 5.82 Å². The number of halogens is 2. The molecule has 0 atom stereocenters. The van der Waals surface area contributed by atoms with Crippen LogP contribution >= 0.6 is 15.9 Å². The summed E-state index contributed by atoms with van der Waals surface area (Å²) in [5.74, 6) is 0.0402. The second kappa shape index (κ2) is 4.93. The van der Waals surface area contributed by atoms with Crippen molar-refractivity contribution in [2.24, 2.45) is 0 Å². The number of nitrogens with one attached hydrogen (secondary N) is 1. The number of nitrogens with zero attached hydrogens (tertiary/aromatic N) is 2. The van der Waals surface area contributed by atoms with Crippen LogP contribution in [-0.4, -0.2) is 4.98 Å². The highest BCUT2D eigenvalue weighted by molar-refractivity contribution is 9.10. The van der Waals surface area contributed by atoms with E-state index >= 15 is 0 Å². The molecule has 1 aromatic heterocycles. The summed E-state index contributed by atoms with van der Waals surface area (Å²) in [6.45, 7) is 0. The van der Waals surface area contributed by atoms with E-state index in [4.69, 9.17) is 5.26 Å². The molecule has 0 saturated carbocycles. The summed E-state index contributed by atoms with van der Waals surface area (Å²) >= 11 is 3.24. The fraction of sp³-hybridized carbons (Fsp3) is 0. The predicted molar refractivity (Wildman–Crippen MR) is 66.3 cm³/mol. The summed E-state index contributed by atoms with van der Waals surface area (Å²) in [6, 6.07) is 9.81. The SMILES string of the molecule is N#Cc1ccnc(Nc2c(F)cccc2Br)c1. The lowest BCUT2D eigenvalue weighted by atomic mass is 10.2. The number of rotatable bonds is 2. The molecule has 5 heteroatoms. The summed E-state index contributed by atoms with van der Waals surface area (Å²) in [7, 11) is 0. The summed E-state index contributed by atoms with van der Waals surface area (Å²) in [5.41, 5.74) is 0.769. The van der Waals surface area contributed by atoms with Crippen molar-refractivity contribution in [2.75, 3.05) is 5.32 Å². The lowest BCUT2D eigenvalue weighted by Crippen LogP contribution is -1.97. The Kier molecular flexibility index (Phi) is 3.35. The van der Waals surface area contributed by atoms with Crippen molar-refractivity contribution in [3.63, 3.8) is 0 Å². The first kappa shape index (κ1) is 11.6. The van der Waals surface area contributed by atoms with Gasteiger partial charge in [-0.2, -0.15) is 5.26 Å². The molecule has 2 rings (SSSR count). The average Bonchev–Trinajstić information content (AvgIpc) is 2.34. The number of hydrogen-bond donors (Lipinski definition) is 1. The molecular weight excluding hydrogens is 285 g/mol. The zero-order chi connectivity index (χ0) is 12.3. The Bertz CT molecular complexity index is 572. The van der Waals surface area contributed by atoms with Gasteiger partial charge >= 0.3 is 0 Å². The Hall–Kier alpha value is -1.93. The van der Waals surface area contributed by atoms with Gasteiger partial charge in [-0.05, 0) is 40.2 Å². The number of pyridine rings is 1. The van der Waals surface area contributed by atoms with Crippen molar-refractivity contribution in [2.45, 2.75) is 0 Å². The highest BCUT2D eigenvalue weighted by Gasteiger charge is 2.07. The maximum Gasteiger partial charge on any atom is 0.147 e. The fourth-order valence-corrected chi connectivity index (χ4v) is 1.75. The minimum atomic E-state index is -0.386. The number of anilines is 2. The van der Waals surface area contributed by atoms with Crippen LogP contribution in [0.25, 0.3) is 0 Å². The third-order valence-electron chi connectivity index (χ3n) is 2.10. The van der Waals surface area contributed by atoms with Gasteiger partial charge in [-0.25, -0.2) is 9.37 Å². The summed E-state index contributed by atoms with van der Waals surface area (Å²) in [5, 5.41) is 11.6. The Labute approximate surface area is 106 Å². The van der Waals surface area contributed by atoms with Crippen molar-refractivity contribution in [1.82, 2.24) is 4.98 Å². The smallest absolute Gasteiger partial charge is 0.147 e. The number of benzene rings is 1. The standard InChI is InChI=1S/C12H7BrFN3/c13-9-2-1-3-10(14)12(9)17-11-6-8(7-15)4-5-16-11/h1-6H,(H,16,17). The maximum absolute atomic E-state index is 13.5. The highest BCUT2D eigenvalue weighted by Crippen LogP contribution is 2.27. The van der Waals surface area contributed by atoms with Gasteiger partial charge in [-0.1, -0.05) is 6.07 Å². The minimum Gasteiger partial charge on any atom is -0.337 e. The van der Waals surface area contributed by atoms with E-state index in [1.165, 1.54) is 12.3 Å². The van der Waals surface area contributed by atoms with Gasteiger partial charge < -0.3 is 5.32 Å². The molecule has 0 bridgehead atoms. The molecule has 1 aromatic carbocycles. The first-order valence-electron chi connectivity index (χ1n) is 4.78. The molecule has 3 nitrogen and oxygen atoms in total. The van der Waals surface area contributed by atoms with Crippen LogP contribution in [0.1, 0.15) is 5.56 Å². The van der Waals surface area contributed by atoms with Gasteiger partial charge in [0.1, 0.15) is 11.6 Å². The third kappa shape index (κ3) is 2.60. The Morgan fingerprint density at radius 1 is 1.35 bits per heavy atom. The van der Waals surface area contributed by atoms with E-state index in [1.54, 1.807) is 24.3 Å². The van der Waals surface area contributed by atoms with Crippen LogP contribution in [0.4, 0.5) is 15.9 Å². The Morgan fingerprint density at radius 2 is 2.18 bits per heavy atom. The van der Waals surface area contributed by atoms with E-state index in [9.17, 15) is 4.39 Å². The number of nitriles is 1. The van der Waals surface area contributed by atoms with Crippen molar-refractivity contribution in [1.29, 1.82) is 5.26 Å². The van der Waals surface area contributed by atoms with Gasteiger partial charge in [0.2, 0.25) is 0 Å². The van der Waals surface area contributed by atoms with Crippen LogP contribution in [-0.2, 0) is 0 Å². The molecule has 2 aromatic rings. The first-order chi connectivity index (χ1) is 8.20. The van der Waals surface area contributed by atoms with Crippen molar-refractivity contribution >= 4 is 27.4 Å². The second-order valence-electron chi connectivity index (χ2n) is 3.26. The normalized spacial score (nSPS) is 9.71. The first-order valence-corrected chi connectivity index (χ1v) is 5.57. The summed E-state index contributed by atoms with van der Waals surface area (Å²) < 4.78 is 14.1. The maximum atomic E-state index is 13.5. The molecule has 0 radical (unpaired) electrons. The second-order valence-corrected chi connectivity index (χ2v) is 4.12. The van der Waals surface area contributed by atoms with Crippen LogP contribution in [0.3, 0.4) is 0 Å². The van der Waals surface area contributed by atoms with E-state index in [1.807, 2.05) is 6.07 Å². The molecule has 1 N–H and O–H groups in total. The van der Waals surface area contributed by atoms with E-state index in [0.717, 1.165) is 0 Å². The van der Waals surface area contributed by atoms with Gasteiger partial charge in [-0.3, -0.25) is 0 Å². The fourth-order valence-electron chi connectivity index (χ4n) is 1.31. The zero-order valence-corrected chi connectivity index (χ0v) is 10.2. The van der Waals surface area contributed by atoms with Crippen LogP contribution in [0.15, 0.2) is 41.0 Å². The number of para-hydroxylation sites is 1.